The SMILES string of the molecule is CCCOc1ccc(C(=O)NCc2nc3ccccc3s2)cc1OCC. The fraction of sp³-hybridized carbons (Fsp3) is 0.300. The topological polar surface area (TPSA) is 60.5 Å². The van der Waals surface area contributed by atoms with Gasteiger partial charge in [-0.1, -0.05) is 19.1 Å². The fourth-order valence-corrected chi connectivity index (χ4v) is 3.41. The molecule has 0 aliphatic rings. The Labute approximate surface area is 157 Å². The Morgan fingerprint density at radius 1 is 1.12 bits per heavy atom. The van der Waals surface area contributed by atoms with Gasteiger partial charge < -0.3 is 14.8 Å². The third-order valence-electron chi connectivity index (χ3n) is 3.71. The Balaban J connectivity index is 1.69. The predicted octanol–water partition coefficient (Wildman–Crippen LogP) is 4.41. The molecule has 26 heavy (non-hydrogen) atoms. The molecule has 0 bridgehead atoms. The van der Waals surface area contributed by atoms with Gasteiger partial charge in [-0.25, -0.2) is 4.98 Å². The zero-order chi connectivity index (χ0) is 18.4. The average molecular weight is 370 g/mol. The summed E-state index contributed by atoms with van der Waals surface area (Å²) in [7, 11) is 0. The van der Waals surface area contributed by atoms with Crippen molar-refractivity contribution in [3.8, 4) is 11.5 Å². The second kappa shape index (κ2) is 8.67. The van der Waals surface area contributed by atoms with Crippen molar-refractivity contribution in [3.63, 3.8) is 0 Å². The molecular weight excluding hydrogens is 348 g/mol. The lowest BCUT2D eigenvalue weighted by Crippen LogP contribution is -2.22. The lowest BCUT2D eigenvalue weighted by Gasteiger charge is -2.13. The number of ether oxygens (including phenoxy) is 2. The normalized spacial score (nSPS) is 10.7. The van der Waals surface area contributed by atoms with Crippen molar-refractivity contribution < 1.29 is 14.3 Å². The minimum Gasteiger partial charge on any atom is -0.490 e. The van der Waals surface area contributed by atoms with Crippen LogP contribution in [-0.4, -0.2) is 24.1 Å². The molecule has 3 rings (SSSR count). The minimum atomic E-state index is -0.160. The molecule has 0 saturated carbocycles. The quantitative estimate of drug-likeness (QED) is 0.638. The van der Waals surface area contributed by atoms with Crippen molar-refractivity contribution in [1.82, 2.24) is 10.3 Å². The van der Waals surface area contributed by atoms with Gasteiger partial charge in [-0.3, -0.25) is 4.79 Å². The number of benzene rings is 2. The van der Waals surface area contributed by atoms with Gasteiger partial charge in [-0.15, -0.1) is 11.3 Å². The summed E-state index contributed by atoms with van der Waals surface area (Å²) in [5.41, 5.74) is 1.50. The lowest BCUT2D eigenvalue weighted by molar-refractivity contribution is 0.0950. The van der Waals surface area contributed by atoms with Gasteiger partial charge >= 0.3 is 0 Å². The zero-order valence-corrected chi connectivity index (χ0v) is 15.8. The number of nitrogens with zero attached hydrogens (tertiary/aromatic N) is 1. The van der Waals surface area contributed by atoms with Crippen molar-refractivity contribution in [1.29, 1.82) is 0 Å². The van der Waals surface area contributed by atoms with E-state index in [0.717, 1.165) is 21.6 Å². The molecule has 136 valence electrons. The molecule has 0 atom stereocenters. The summed E-state index contributed by atoms with van der Waals surface area (Å²) < 4.78 is 12.4. The van der Waals surface area contributed by atoms with Crippen molar-refractivity contribution in [3.05, 3.63) is 53.0 Å². The maximum absolute atomic E-state index is 12.5. The van der Waals surface area contributed by atoms with Crippen LogP contribution in [0.5, 0.6) is 11.5 Å². The lowest BCUT2D eigenvalue weighted by atomic mass is 10.2. The number of fused-ring (bicyclic) bond motifs is 1. The number of nitrogens with one attached hydrogen (secondary N) is 1. The first-order valence-electron chi connectivity index (χ1n) is 8.73. The minimum absolute atomic E-state index is 0.160. The van der Waals surface area contributed by atoms with Crippen LogP contribution in [0.25, 0.3) is 10.2 Å². The highest BCUT2D eigenvalue weighted by Gasteiger charge is 2.12. The number of hydrogen-bond donors (Lipinski definition) is 1. The van der Waals surface area contributed by atoms with Gasteiger partial charge in [0, 0.05) is 5.56 Å². The highest BCUT2D eigenvalue weighted by Crippen LogP contribution is 2.29. The Kier molecular flexibility index (Phi) is 6.07. The number of hydrogen-bond acceptors (Lipinski definition) is 5. The summed E-state index contributed by atoms with van der Waals surface area (Å²) in [4.78, 5) is 17.0. The number of rotatable bonds is 8. The van der Waals surface area contributed by atoms with E-state index in [1.807, 2.05) is 38.1 Å². The van der Waals surface area contributed by atoms with Crippen LogP contribution in [0.3, 0.4) is 0 Å². The highest BCUT2D eigenvalue weighted by molar-refractivity contribution is 7.18. The smallest absolute Gasteiger partial charge is 0.251 e. The molecular formula is C20H22N2O3S. The van der Waals surface area contributed by atoms with E-state index in [4.69, 9.17) is 9.47 Å². The summed E-state index contributed by atoms with van der Waals surface area (Å²) in [5, 5.41) is 3.80. The molecule has 0 aliphatic heterocycles. The van der Waals surface area contributed by atoms with E-state index in [1.54, 1.807) is 29.5 Å². The van der Waals surface area contributed by atoms with Gasteiger partial charge in [0.2, 0.25) is 0 Å². The van der Waals surface area contributed by atoms with E-state index in [2.05, 4.69) is 10.3 Å². The number of aromatic nitrogens is 1. The van der Waals surface area contributed by atoms with Crippen LogP contribution in [-0.2, 0) is 6.54 Å². The molecule has 3 aromatic rings. The number of carbonyl (C=O) groups excluding carboxylic acids is 1. The fourth-order valence-electron chi connectivity index (χ4n) is 2.50. The Hall–Kier alpha value is -2.60. The molecule has 1 aromatic heterocycles. The van der Waals surface area contributed by atoms with E-state index in [9.17, 15) is 4.79 Å². The van der Waals surface area contributed by atoms with Crippen molar-refractivity contribution >= 4 is 27.5 Å². The molecule has 6 heteroatoms. The second-order valence-electron chi connectivity index (χ2n) is 5.70. The van der Waals surface area contributed by atoms with Crippen molar-refractivity contribution in [2.75, 3.05) is 13.2 Å². The van der Waals surface area contributed by atoms with Gasteiger partial charge in [0.15, 0.2) is 11.5 Å². The molecule has 1 amide bonds. The monoisotopic (exact) mass is 370 g/mol. The van der Waals surface area contributed by atoms with Gasteiger partial charge in [0.05, 0.1) is 30.0 Å². The number of thiazole rings is 1. The largest absolute Gasteiger partial charge is 0.490 e. The summed E-state index contributed by atoms with van der Waals surface area (Å²) in [6, 6.07) is 13.2. The Morgan fingerprint density at radius 3 is 2.73 bits per heavy atom. The number of carbonyl (C=O) groups is 1. The molecule has 0 radical (unpaired) electrons. The predicted molar refractivity (Wildman–Crippen MR) is 104 cm³/mol. The summed E-state index contributed by atoms with van der Waals surface area (Å²) in [5.74, 6) is 1.09. The van der Waals surface area contributed by atoms with E-state index >= 15 is 0 Å². The van der Waals surface area contributed by atoms with Gasteiger partial charge in [0.1, 0.15) is 5.01 Å². The first-order chi connectivity index (χ1) is 12.7. The summed E-state index contributed by atoms with van der Waals surface area (Å²) in [6.07, 6.45) is 0.913. The Morgan fingerprint density at radius 2 is 1.96 bits per heavy atom. The second-order valence-corrected chi connectivity index (χ2v) is 6.82. The summed E-state index contributed by atoms with van der Waals surface area (Å²) >= 11 is 1.59. The molecule has 1 heterocycles. The molecule has 0 unspecified atom stereocenters. The standard InChI is InChI=1S/C20H22N2O3S/c1-3-11-25-16-10-9-14(12-17(16)24-4-2)20(23)21-13-19-22-15-7-5-6-8-18(15)26-19/h5-10,12H,3-4,11,13H2,1-2H3,(H,21,23). The van der Waals surface area contributed by atoms with Crippen molar-refractivity contribution in [2.45, 2.75) is 26.8 Å². The molecule has 0 spiro atoms. The molecule has 2 aromatic carbocycles. The number of para-hydroxylation sites is 1. The third-order valence-corrected chi connectivity index (χ3v) is 4.74. The van der Waals surface area contributed by atoms with Crippen LogP contribution in [0.4, 0.5) is 0 Å². The van der Waals surface area contributed by atoms with E-state index in [-0.39, 0.29) is 5.91 Å². The van der Waals surface area contributed by atoms with E-state index in [1.165, 1.54) is 0 Å². The van der Waals surface area contributed by atoms with E-state index in [0.29, 0.717) is 36.8 Å². The molecule has 5 nitrogen and oxygen atoms in total. The van der Waals surface area contributed by atoms with Crippen LogP contribution < -0.4 is 14.8 Å². The maximum atomic E-state index is 12.5. The highest BCUT2D eigenvalue weighted by atomic mass is 32.1. The van der Waals surface area contributed by atoms with Crippen LogP contribution in [0.1, 0.15) is 35.6 Å². The van der Waals surface area contributed by atoms with Gasteiger partial charge in [0.25, 0.3) is 5.91 Å². The Bertz CT molecular complexity index is 859. The third kappa shape index (κ3) is 4.32. The zero-order valence-electron chi connectivity index (χ0n) is 15.0. The molecule has 1 N–H and O–H groups in total. The van der Waals surface area contributed by atoms with Crippen LogP contribution in [0.15, 0.2) is 42.5 Å². The van der Waals surface area contributed by atoms with Crippen molar-refractivity contribution in [2.24, 2.45) is 0 Å². The maximum Gasteiger partial charge on any atom is 0.251 e. The van der Waals surface area contributed by atoms with Gasteiger partial charge in [-0.05, 0) is 43.7 Å². The summed E-state index contributed by atoms with van der Waals surface area (Å²) in [6.45, 7) is 5.48. The number of amides is 1. The van der Waals surface area contributed by atoms with Crippen LogP contribution >= 0.6 is 11.3 Å². The van der Waals surface area contributed by atoms with Gasteiger partial charge in [-0.2, -0.15) is 0 Å². The van der Waals surface area contributed by atoms with E-state index < -0.39 is 0 Å². The first-order valence-corrected chi connectivity index (χ1v) is 9.55. The molecule has 0 saturated heterocycles. The van der Waals surface area contributed by atoms with Crippen LogP contribution in [0, 0.1) is 0 Å². The first kappa shape index (κ1) is 18.2. The average Bonchev–Trinajstić information content (AvgIpc) is 3.08. The molecule has 0 aliphatic carbocycles. The van der Waals surface area contributed by atoms with Crippen LogP contribution in [0.2, 0.25) is 0 Å². The molecule has 0 fully saturated rings.